The van der Waals surface area contributed by atoms with E-state index in [0.29, 0.717) is 12.4 Å². The van der Waals surface area contributed by atoms with Gasteiger partial charge in [-0.25, -0.2) is 15.0 Å². The van der Waals surface area contributed by atoms with Crippen LogP contribution >= 0.6 is 0 Å². The van der Waals surface area contributed by atoms with Gasteiger partial charge in [-0.05, 0) is 44.2 Å². The first-order valence-corrected chi connectivity index (χ1v) is 8.33. The lowest BCUT2D eigenvalue weighted by molar-refractivity contribution is -0.383. The smallest absolute Gasteiger partial charge is 0.353 e. The maximum atomic E-state index is 11.5. The van der Waals surface area contributed by atoms with Gasteiger partial charge in [-0.15, -0.1) is 0 Å². The van der Waals surface area contributed by atoms with Crippen LogP contribution < -0.4 is 10.6 Å². The largest absolute Gasteiger partial charge is 0.364 e. The van der Waals surface area contributed by atoms with Crippen molar-refractivity contribution in [2.75, 3.05) is 17.2 Å². The van der Waals surface area contributed by atoms with Crippen LogP contribution in [0, 0.1) is 10.1 Å². The van der Waals surface area contributed by atoms with E-state index in [-0.39, 0.29) is 17.3 Å². The second kappa shape index (κ2) is 8.18. The van der Waals surface area contributed by atoms with Crippen LogP contribution in [0.2, 0.25) is 0 Å². The molecule has 2 N–H and O–H groups in total. The SMILES string of the molecule is O=[N+]([O-])c1c(NCCC2=CCCCC2)ncnc1Nc1ccccn1. The van der Waals surface area contributed by atoms with Crippen LogP contribution in [0.25, 0.3) is 0 Å². The number of pyridine rings is 1. The zero-order chi connectivity index (χ0) is 17.5. The normalized spacial score (nSPS) is 13.8. The molecule has 0 amide bonds. The summed E-state index contributed by atoms with van der Waals surface area (Å²) in [6.07, 6.45) is 10.8. The summed E-state index contributed by atoms with van der Waals surface area (Å²) in [4.78, 5) is 23.2. The number of aromatic nitrogens is 3. The number of allylic oxidation sites excluding steroid dienone is 1. The molecule has 3 rings (SSSR count). The molecule has 25 heavy (non-hydrogen) atoms. The van der Waals surface area contributed by atoms with Gasteiger partial charge in [0.25, 0.3) is 0 Å². The molecule has 0 fully saturated rings. The van der Waals surface area contributed by atoms with Crippen molar-refractivity contribution < 1.29 is 4.92 Å². The Morgan fingerprint density at radius 3 is 2.76 bits per heavy atom. The summed E-state index contributed by atoms with van der Waals surface area (Å²) in [7, 11) is 0. The van der Waals surface area contributed by atoms with Crippen LogP contribution in [0.1, 0.15) is 32.1 Å². The van der Waals surface area contributed by atoms with Gasteiger partial charge in [0.05, 0.1) is 4.92 Å². The van der Waals surface area contributed by atoms with Crippen molar-refractivity contribution in [2.45, 2.75) is 32.1 Å². The van der Waals surface area contributed by atoms with Crippen LogP contribution in [0.15, 0.2) is 42.4 Å². The molecule has 8 nitrogen and oxygen atoms in total. The Kier molecular flexibility index (Phi) is 5.50. The van der Waals surface area contributed by atoms with Gasteiger partial charge in [0.15, 0.2) is 0 Å². The molecule has 1 aliphatic rings. The van der Waals surface area contributed by atoms with Gasteiger partial charge in [-0.2, -0.15) is 0 Å². The molecule has 0 spiro atoms. The first kappa shape index (κ1) is 16.8. The fourth-order valence-corrected chi connectivity index (χ4v) is 2.80. The summed E-state index contributed by atoms with van der Waals surface area (Å²) in [5, 5.41) is 17.5. The Morgan fingerprint density at radius 2 is 2.04 bits per heavy atom. The van der Waals surface area contributed by atoms with E-state index < -0.39 is 4.92 Å². The zero-order valence-electron chi connectivity index (χ0n) is 13.8. The second-order valence-electron chi connectivity index (χ2n) is 5.80. The average Bonchev–Trinajstić information content (AvgIpc) is 2.63. The van der Waals surface area contributed by atoms with Crippen molar-refractivity contribution in [2.24, 2.45) is 0 Å². The van der Waals surface area contributed by atoms with Gasteiger partial charge in [-0.3, -0.25) is 10.1 Å². The Bertz CT molecular complexity index is 763. The van der Waals surface area contributed by atoms with E-state index in [1.165, 1.54) is 24.7 Å². The van der Waals surface area contributed by atoms with E-state index >= 15 is 0 Å². The van der Waals surface area contributed by atoms with Crippen LogP contribution in [0.3, 0.4) is 0 Å². The lowest BCUT2D eigenvalue weighted by Crippen LogP contribution is -2.10. The summed E-state index contributed by atoms with van der Waals surface area (Å²) in [5.41, 5.74) is 1.23. The van der Waals surface area contributed by atoms with E-state index in [9.17, 15) is 10.1 Å². The maximum Gasteiger partial charge on any atom is 0.353 e. The van der Waals surface area contributed by atoms with E-state index in [1.54, 1.807) is 24.4 Å². The van der Waals surface area contributed by atoms with E-state index in [0.717, 1.165) is 19.3 Å². The minimum absolute atomic E-state index is 0.123. The predicted molar refractivity (Wildman–Crippen MR) is 95.9 cm³/mol. The van der Waals surface area contributed by atoms with Crippen LogP contribution in [0.4, 0.5) is 23.1 Å². The molecule has 0 bridgehead atoms. The quantitative estimate of drug-likeness (QED) is 0.448. The molecule has 130 valence electrons. The monoisotopic (exact) mass is 340 g/mol. The highest BCUT2D eigenvalue weighted by molar-refractivity contribution is 5.72. The maximum absolute atomic E-state index is 11.5. The molecule has 1 aliphatic carbocycles. The third kappa shape index (κ3) is 4.50. The molecule has 0 saturated carbocycles. The number of nitro groups is 1. The average molecular weight is 340 g/mol. The van der Waals surface area contributed by atoms with Crippen molar-refractivity contribution >= 4 is 23.1 Å². The lowest BCUT2D eigenvalue weighted by Gasteiger charge is -2.13. The van der Waals surface area contributed by atoms with Crippen LogP contribution in [-0.4, -0.2) is 26.4 Å². The lowest BCUT2D eigenvalue weighted by atomic mass is 9.97. The highest BCUT2D eigenvalue weighted by Gasteiger charge is 2.23. The third-order valence-corrected chi connectivity index (χ3v) is 4.04. The number of nitrogens with zero attached hydrogens (tertiary/aromatic N) is 4. The molecule has 0 unspecified atom stereocenters. The molecule has 0 saturated heterocycles. The number of hydrogen-bond acceptors (Lipinski definition) is 7. The number of nitrogens with one attached hydrogen (secondary N) is 2. The fraction of sp³-hybridized carbons (Fsp3) is 0.353. The van der Waals surface area contributed by atoms with Gasteiger partial charge in [0.2, 0.25) is 11.6 Å². The first-order chi connectivity index (χ1) is 12.2. The first-order valence-electron chi connectivity index (χ1n) is 8.33. The Hall–Kier alpha value is -3.03. The number of rotatable bonds is 7. The van der Waals surface area contributed by atoms with Gasteiger partial charge < -0.3 is 10.6 Å². The molecule has 2 aromatic rings. The molecule has 2 aromatic heterocycles. The fourth-order valence-electron chi connectivity index (χ4n) is 2.80. The standard InChI is InChI=1S/C17H20N6O2/c24-23(25)15-16(19-11-9-13-6-2-1-3-7-13)20-12-21-17(15)22-14-8-4-5-10-18-14/h4-6,8,10,12H,1-3,7,9,11H2,(H2,18,19,20,21,22). The minimum Gasteiger partial charge on any atom is -0.364 e. The topological polar surface area (TPSA) is 106 Å². The second-order valence-corrected chi connectivity index (χ2v) is 5.80. The van der Waals surface area contributed by atoms with Gasteiger partial charge in [0.1, 0.15) is 12.1 Å². The van der Waals surface area contributed by atoms with E-state index in [1.807, 2.05) is 0 Å². The highest BCUT2D eigenvalue weighted by Crippen LogP contribution is 2.30. The molecular weight excluding hydrogens is 320 g/mol. The van der Waals surface area contributed by atoms with Gasteiger partial charge in [-0.1, -0.05) is 17.7 Å². The van der Waals surface area contributed by atoms with E-state index in [4.69, 9.17) is 0 Å². The summed E-state index contributed by atoms with van der Waals surface area (Å²) in [6.45, 7) is 0.604. The summed E-state index contributed by atoms with van der Waals surface area (Å²) >= 11 is 0. The molecule has 0 aliphatic heterocycles. The molecule has 8 heteroatoms. The van der Waals surface area contributed by atoms with Crippen molar-refractivity contribution in [3.8, 4) is 0 Å². The predicted octanol–water partition coefficient (Wildman–Crippen LogP) is 3.83. The molecule has 0 atom stereocenters. The summed E-state index contributed by atoms with van der Waals surface area (Å²) < 4.78 is 0. The van der Waals surface area contributed by atoms with Crippen molar-refractivity contribution in [3.05, 3.63) is 52.5 Å². The Labute approximate surface area is 145 Å². The third-order valence-electron chi connectivity index (χ3n) is 4.04. The number of hydrogen-bond donors (Lipinski definition) is 2. The van der Waals surface area contributed by atoms with Gasteiger partial charge >= 0.3 is 5.69 Å². The van der Waals surface area contributed by atoms with E-state index in [2.05, 4.69) is 31.7 Å². The van der Waals surface area contributed by atoms with Crippen molar-refractivity contribution in [1.29, 1.82) is 0 Å². The van der Waals surface area contributed by atoms with Crippen molar-refractivity contribution in [1.82, 2.24) is 15.0 Å². The zero-order valence-corrected chi connectivity index (χ0v) is 13.8. The van der Waals surface area contributed by atoms with Crippen LogP contribution in [-0.2, 0) is 0 Å². The number of anilines is 3. The minimum atomic E-state index is -0.479. The Morgan fingerprint density at radius 1 is 1.16 bits per heavy atom. The summed E-state index contributed by atoms with van der Waals surface area (Å²) in [6, 6.07) is 5.28. The highest BCUT2D eigenvalue weighted by atomic mass is 16.6. The molecule has 2 heterocycles. The van der Waals surface area contributed by atoms with Crippen molar-refractivity contribution in [3.63, 3.8) is 0 Å². The summed E-state index contributed by atoms with van der Waals surface area (Å²) in [5.74, 6) is 0.829. The molecule has 0 aromatic carbocycles. The molecular formula is C17H20N6O2. The van der Waals surface area contributed by atoms with Gasteiger partial charge in [0, 0.05) is 12.7 Å². The molecule has 0 radical (unpaired) electrons. The van der Waals surface area contributed by atoms with Crippen LogP contribution in [0.5, 0.6) is 0 Å². The Balaban J connectivity index is 1.73.